The summed E-state index contributed by atoms with van der Waals surface area (Å²) in [5, 5.41) is 13.8. The average molecular weight is 518 g/mol. The number of rotatable bonds is 7. The zero-order chi connectivity index (χ0) is 24.2. The molecule has 174 valence electrons. The van der Waals surface area contributed by atoms with Crippen molar-refractivity contribution in [2.24, 2.45) is 7.05 Å². The van der Waals surface area contributed by atoms with E-state index in [4.69, 9.17) is 23.2 Å². The van der Waals surface area contributed by atoms with E-state index in [9.17, 15) is 22.8 Å². The van der Waals surface area contributed by atoms with E-state index in [0.717, 1.165) is 23.9 Å². The monoisotopic (exact) mass is 517 g/mol. The second kappa shape index (κ2) is 10.4. The number of carbonyl (C=O) groups excluding carboxylic acids is 2. The first kappa shape index (κ1) is 24.9. The molecule has 0 saturated carbocycles. The lowest BCUT2D eigenvalue weighted by Gasteiger charge is -2.10. The van der Waals surface area contributed by atoms with Gasteiger partial charge in [-0.15, -0.1) is 10.2 Å². The predicted molar refractivity (Wildman–Crippen MR) is 121 cm³/mol. The van der Waals surface area contributed by atoms with E-state index in [1.807, 2.05) is 0 Å². The van der Waals surface area contributed by atoms with E-state index in [-0.39, 0.29) is 22.9 Å². The molecule has 1 aromatic heterocycles. The summed E-state index contributed by atoms with van der Waals surface area (Å²) in [5.74, 6) is -0.691. The number of anilines is 2. The Kier molecular flexibility index (Phi) is 7.88. The largest absolute Gasteiger partial charge is 0.416 e. The first-order chi connectivity index (χ1) is 15.5. The van der Waals surface area contributed by atoms with Gasteiger partial charge in [0.2, 0.25) is 11.8 Å². The molecule has 1 heterocycles. The number of carbonyl (C=O) groups is 2. The van der Waals surface area contributed by atoms with Crippen LogP contribution in [-0.4, -0.2) is 32.3 Å². The fraction of sp³-hybridized carbons (Fsp3) is 0.200. The van der Waals surface area contributed by atoms with E-state index in [0.29, 0.717) is 21.7 Å². The van der Waals surface area contributed by atoms with Crippen molar-refractivity contribution in [3.8, 4) is 0 Å². The molecule has 2 N–H and O–H groups in total. The third-order valence-corrected chi connectivity index (χ3v) is 6.11. The Bertz CT molecular complexity index is 1190. The van der Waals surface area contributed by atoms with Crippen LogP contribution in [0.15, 0.2) is 47.6 Å². The van der Waals surface area contributed by atoms with Gasteiger partial charge in [0, 0.05) is 12.7 Å². The van der Waals surface area contributed by atoms with Crippen LogP contribution in [0.5, 0.6) is 0 Å². The standard InChI is InChI=1S/C20H16Cl2F3N5O2S/c1-30-15(9-16(31)27-14-7-3-6-13(21)18(14)22)28-29-19(30)33-10-17(32)26-12-5-2-4-11(8-12)20(23,24)25/h2-8H,9-10H2,1H3,(H,26,32)(H,27,31). The molecule has 0 atom stereocenters. The highest BCUT2D eigenvalue weighted by Gasteiger charge is 2.30. The summed E-state index contributed by atoms with van der Waals surface area (Å²) in [6, 6.07) is 9.19. The van der Waals surface area contributed by atoms with Crippen LogP contribution in [0.3, 0.4) is 0 Å². The van der Waals surface area contributed by atoms with Gasteiger partial charge in [-0.25, -0.2) is 0 Å². The molecule has 0 aliphatic rings. The van der Waals surface area contributed by atoms with Gasteiger partial charge in [0.15, 0.2) is 5.16 Å². The Hall–Kier alpha value is -2.76. The van der Waals surface area contributed by atoms with E-state index in [1.54, 1.807) is 29.8 Å². The Balaban J connectivity index is 1.56. The Morgan fingerprint density at radius 2 is 1.79 bits per heavy atom. The predicted octanol–water partition coefficient (Wildman–Crippen LogP) is 5.05. The molecule has 3 aromatic rings. The maximum atomic E-state index is 12.8. The molecule has 2 amide bonds. The molecule has 0 aliphatic carbocycles. The van der Waals surface area contributed by atoms with Gasteiger partial charge < -0.3 is 15.2 Å². The molecule has 0 aliphatic heterocycles. The zero-order valence-electron chi connectivity index (χ0n) is 16.9. The van der Waals surface area contributed by atoms with Crippen molar-refractivity contribution in [3.05, 3.63) is 63.9 Å². The van der Waals surface area contributed by atoms with Crippen molar-refractivity contribution in [2.75, 3.05) is 16.4 Å². The van der Waals surface area contributed by atoms with Crippen LogP contribution in [0.4, 0.5) is 24.5 Å². The van der Waals surface area contributed by atoms with Crippen LogP contribution in [0, 0.1) is 0 Å². The maximum Gasteiger partial charge on any atom is 0.416 e. The minimum absolute atomic E-state index is 0.0328. The van der Waals surface area contributed by atoms with Gasteiger partial charge in [-0.2, -0.15) is 13.2 Å². The molecule has 0 bridgehead atoms. The first-order valence-electron chi connectivity index (χ1n) is 9.26. The summed E-state index contributed by atoms with van der Waals surface area (Å²) < 4.78 is 39.9. The van der Waals surface area contributed by atoms with Gasteiger partial charge in [-0.1, -0.05) is 47.1 Å². The Labute approximate surface area is 200 Å². The lowest BCUT2D eigenvalue weighted by molar-refractivity contribution is -0.137. The molecule has 0 spiro atoms. The van der Waals surface area contributed by atoms with E-state index >= 15 is 0 Å². The maximum absolute atomic E-state index is 12.8. The van der Waals surface area contributed by atoms with Gasteiger partial charge >= 0.3 is 6.18 Å². The summed E-state index contributed by atoms with van der Waals surface area (Å²) in [5.41, 5.74) is -0.467. The lowest BCUT2D eigenvalue weighted by atomic mass is 10.2. The molecule has 0 fully saturated rings. The first-order valence-corrected chi connectivity index (χ1v) is 11.0. The van der Waals surface area contributed by atoms with Crippen molar-refractivity contribution < 1.29 is 22.8 Å². The minimum Gasteiger partial charge on any atom is -0.325 e. The zero-order valence-corrected chi connectivity index (χ0v) is 19.2. The van der Waals surface area contributed by atoms with Crippen LogP contribution in [-0.2, 0) is 29.2 Å². The van der Waals surface area contributed by atoms with Gasteiger partial charge in [0.25, 0.3) is 0 Å². The summed E-state index contributed by atoms with van der Waals surface area (Å²) in [6.07, 6.45) is -4.61. The van der Waals surface area contributed by atoms with Gasteiger partial charge in [-0.05, 0) is 30.3 Å². The molecule has 0 unspecified atom stereocenters. The van der Waals surface area contributed by atoms with Crippen molar-refractivity contribution in [3.63, 3.8) is 0 Å². The van der Waals surface area contributed by atoms with Gasteiger partial charge in [-0.3, -0.25) is 9.59 Å². The highest BCUT2D eigenvalue weighted by molar-refractivity contribution is 7.99. The van der Waals surface area contributed by atoms with Crippen LogP contribution in [0.1, 0.15) is 11.4 Å². The number of hydrogen-bond acceptors (Lipinski definition) is 5. The van der Waals surface area contributed by atoms with Crippen molar-refractivity contribution in [1.29, 1.82) is 0 Å². The molecule has 3 rings (SSSR count). The number of halogens is 5. The smallest absolute Gasteiger partial charge is 0.325 e. The topological polar surface area (TPSA) is 88.9 Å². The summed E-state index contributed by atoms with van der Waals surface area (Å²) in [4.78, 5) is 24.5. The number of amides is 2. The van der Waals surface area contributed by atoms with Crippen molar-refractivity contribution in [2.45, 2.75) is 17.8 Å². The second-order valence-corrected chi connectivity index (χ2v) is 8.43. The lowest BCUT2D eigenvalue weighted by Crippen LogP contribution is -2.17. The summed E-state index contributed by atoms with van der Waals surface area (Å²) in [7, 11) is 1.63. The normalized spacial score (nSPS) is 11.3. The molecule has 0 saturated heterocycles. The quantitative estimate of drug-likeness (QED) is 0.428. The number of benzene rings is 2. The summed E-state index contributed by atoms with van der Waals surface area (Å²) in [6.45, 7) is 0. The van der Waals surface area contributed by atoms with Crippen LogP contribution < -0.4 is 10.6 Å². The number of hydrogen-bond donors (Lipinski definition) is 2. The number of nitrogens with one attached hydrogen (secondary N) is 2. The third kappa shape index (κ3) is 6.62. The fourth-order valence-electron chi connectivity index (χ4n) is 2.66. The van der Waals surface area contributed by atoms with Crippen LogP contribution in [0.25, 0.3) is 0 Å². The Morgan fingerprint density at radius 1 is 1.06 bits per heavy atom. The molecular weight excluding hydrogens is 502 g/mol. The van der Waals surface area contributed by atoms with E-state index in [2.05, 4.69) is 20.8 Å². The molecule has 2 aromatic carbocycles. The highest BCUT2D eigenvalue weighted by Crippen LogP contribution is 2.31. The molecule has 0 radical (unpaired) electrons. The number of alkyl halides is 3. The van der Waals surface area contributed by atoms with E-state index < -0.39 is 23.6 Å². The summed E-state index contributed by atoms with van der Waals surface area (Å²) >= 11 is 13.0. The van der Waals surface area contributed by atoms with E-state index in [1.165, 1.54) is 12.1 Å². The molecule has 7 nitrogen and oxygen atoms in total. The van der Waals surface area contributed by atoms with Crippen molar-refractivity contribution >= 4 is 58.2 Å². The van der Waals surface area contributed by atoms with Crippen LogP contribution in [0.2, 0.25) is 10.0 Å². The fourth-order valence-corrected chi connectivity index (χ4v) is 3.74. The second-order valence-electron chi connectivity index (χ2n) is 6.70. The molecule has 33 heavy (non-hydrogen) atoms. The Morgan fingerprint density at radius 3 is 2.52 bits per heavy atom. The SMILES string of the molecule is Cn1c(CC(=O)Nc2cccc(Cl)c2Cl)nnc1SCC(=O)Nc1cccc(C(F)(F)F)c1. The highest BCUT2D eigenvalue weighted by atomic mass is 35.5. The van der Waals surface area contributed by atoms with Crippen molar-refractivity contribution in [1.82, 2.24) is 14.8 Å². The van der Waals surface area contributed by atoms with Gasteiger partial charge in [0.05, 0.1) is 33.5 Å². The average Bonchev–Trinajstić information content (AvgIpc) is 3.09. The number of aromatic nitrogens is 3. The third-order valence-electron chi connectivity index (χ3n) is 4.28. The molecule has 13 heteroatoms. The molecular formula is C20H16Cl2F3N5O2S. The van der Waals surface area contributed by atoms with Crippen LogP contribution >= 0.6 is 35.0 Å². The number of thioether (sulfide) groups is 1. The van der Waals surface area contributed by atoms with Gasteiger partial charge in [0.1, 0.15) is 5.82 Å². The number of nitrogens with zero attached hydrogens (tertiary/aromatic N) is 3. The minimum atomic E-state index is -4.51.